The summed E-state index contributed by atoms with van der Waals surface area (Å²) in [5.74, 6) is 1.51. The summed E-state index contributed by atoms with van der Waals surface area (Å²) >= 11 is 0. The first kappa shape index (κ1) is 15.1. The molecule has 2 atom stereocenters. The molecule has 0 aromatic carbocycles. The zero-order valence-electron chi connectivity index (χ0n) is 12.4. The van der Waals surface area contributed by atoms with E-state index in [1.165, 1.54) is 12.8 Å². The molecular weight excluding hydrogens is 254 g/mol. The number of hydrogen-bond donors (Lipinski definition) is 2. The van der Waals surface area contributed by atoms with Crippen LogP contribution in [0.2, 0.25) is 0 Å². The van der Waals surface area contributed by atoms with Gasteiger partial charge >= 0.3 is 0 Å². The number of nitrogens with one attached hydrogen (secondary N) is 2. The highest BCUT2D eigenvalue weighted by Gasteiger charge is 2.26. The second kappa shape index (κ2) is 7.45. The van der Waals surface area contributed by atoms with Crippen LogP contribution in [0.25, 0.3) is 0 Å². The lowest BCUT2D eigenvalue weighted by Crippen LogP contribution is -2.50. The van der Waals surface area contributed by atoms with Gasteiger partial charge in [-0.05, 0) is 58.0 Å². The number of likely N-dealkylation sites (tertiary alicyclic amines) is 1. The van der Waals surface area contributed by atoms with E-state index in [2.05, 4.69) is 15.5 Å². The van der Waals surface area contributed by atoms with Crippen molar-refractivity contribution >= 4 is 5.91 Å². The Kier molecular flexibility index (Phi) is 5.61. The summed E-state index contributed by atoms with van der Waals surface area (Å²) in [6.07, 6.45) is 4.04. The van der Waals surface area contributed by atoms with Gasteiger partial charge in [0.2, 0.25) is 5.91 Å². The normalized spacial score (nSPS) is 21.6. The number of amides is 1. The van der Waals surface area contributed by atoms with Crippen molar-refractivity contribution in [1.29, 1.82) is 0 Å². The van der Waals surface area contributed by atoms with Crippen LogP contribution in [0, 0.1) is 5.92 Å². The molecule has 1 fully saturated rings. The van der Waals surface area contributed by atoms with Crippen molar-refractivity contribution < 1.29 is 9.21 Å². The first-order valence-electron chi connectivity index (χ1n) is 7.39. The molecule has 1 aromatic rings. The van der Waals surface area contributed by atoms with Gasteiger partial charge in [-0.3, -0.25) is 9.69 Å². The van der Waals surface area contributed by atoms with Crippen LogP contribution in [0.3, 0.4) is 0 Å². The topological polar surface area (TPSA) is 57.5 Å². The van der Waals surface area contributed by atoms with Crippen LogP contribution in [-0.2, 0) is 11.3 Å². The number of nitrogens with zero attached hydrogens (tertiary/aromatic N) is 1. The minimum atomic E-state index is -0.0791. The Morgan fingerprint density at radius 3 is 3.15 bits per heavy atom. The van der Waals surface area contributed by atoms with E-state index in [4.69, 9.17) is 4.42 Å². The molecule has 1 amide bonds. The predicted molar refractivity (Wildman–Crippen MR) is 78.2 cm³/mol. The van der Waals surface area contributed by atoms with Gasteiger partial charge in [-0.1, -0.05) is 0 Å². The molecule has 0 bridgehead atoms. The Morgan fingerprint density at radius 2 is 2.45 bits per heavy atom. The zero-order chi connectivity index (χ0) is 14.4. The summed E-state index contributed by atoms with van der Waals surface area (Å²) in [7, 11) is 1.98. The molecule has 2 heterocycles. The molecule has 5 heteroatoms. The van der Waals surface area contributed by atoms with Crippen LogP contribution in [0.4, 0.5) is 0 Å². The van der Waals surface area contributed by atoms with Crippen molar-refractivity contribution in [3.8, 4) is 0 Å². The van der Waals surface area contributed by atoms with Crippen molar-refractivity contribution in [2.75, 3.05) is 26.7 Å². The maximum Gasteiger partial charge on any atom is 0.237 e. The Bertz CT molecular complexity index is 403. The maximum atomic E-state index is 12.2. The molecule has 0 spiro atoms. The fourth-order valence-corrected chi connectivity index (χ4v) is 2.81. The highest BCUT2D eigenvalue weighted by molar-refractivity contribution is 5.81. The van der Waals surface area contributed by atoms with Gasteiger partial charge in [0.05, 0.1) is 18.8 Å². The minimum Gasteiger partial charge on any atom is -0.467 e. The largest absolute Gasteiger partial charge is 0.467 e. The lowest BCUT2D eigenvalue weighted by atomic mass is 9.96. The smallest absolute Gasteiger partial charge is 0.237 e. The Labute approximate surface area is 120 Å². The molecule has 20 heavy (non-hydrogen) atoms. The van der Waals surface area contributed by atoms with Crippen molar-refractivity contribution in [3.05, 3.63) is 24.2 Å². The molecule has 1 aliphatic heterocycles. The Balaban J connectivity index is 1.80. The molecule has 5 nitrogen and oxygen atoms in total. The monoisotopic (exact) mass is 279 g/mol. The van der Waals surface area contributed by atoms with Crippen LogP contribution in [0.15, 0.2) is 22.8 Å². The fourth-order valence-electron chi connectivity index (χ4n) is 2.81. The van der Waals surface area contributed by atoms with Crippen LogP contribution < -0.4 is 10.6 Å². The van der Waals surface area contributed by atoms with Crippen LogP contribution in [-0.4, -0.2) is 43.5 Å². The second-order valence-electron chi connectivity index (χ2n) is 5.53. The third-order valence-electron chi connectivity index (χ3n) is 3.99. The maximum absolute atomic E-state index is 12.2. The number of rotatable bonds is 6. The lowest BCUT2D eigenvalue weighted by molar-refractivity contribution is -0.126. The standard InChI is InChI=1S/C15H25N3O2/c1-12(15(19)17-10-14-6-4-8-20-14)18-7-3-5-13(11-18)9-16-2/h4,6,8,12-13,16H,3,5,7,9-11H2,1-2H3,(H,17,19). The molecule has 2 unspecified atom stereocenters. The molecule has 0 aliphatic carbocycles. The summed E-state index contributed by atoms with van der Waals surface area (Å²) in [5, 5.41) is 6.17. The van der Waals surface area contributed by atoms with E-state index in [0.29, 0.717) is 12.5 Å². The molecular formula is C15H25N3O2. The molecule has 2 rings (SSSR count). The molecule has 0 saturated carbocycles. The highest BCUT2D eigenvalue weighted by Crippen LogP contribution is 2.18. The third kappa shape index (κ3) is 4.08. The minimum absolute atomic E-state index is 0.0755. The average molecular weight is 279 g/mol. The van der Waals surface area contributed by atoms with Gasteiger partial charge in [0, 0.05) is 6.54 Å². The molecule has 0 radical (unpaired) electrons. The van der Waals surface area contributed by atoms with Gasteiger partial charge in [-0.15, -0.1) is 0 Å². The number of carbonyl (C=O) groups excluding carboxylic acids is 1. The zero-order valence-corrected chi connectivity index (χ0v) is 12.4. The van der Waals surface area contributed by atoms with E-state index in [9.17, 15) is 4.79 Å². The van der Waals surface area contributed by atoms with Gasteiger partial charge in [-0.2, -0.15) is 0 Å². The van der Waals surface area contributed by atoms with Crippen LogP contribution in [0.5, 0.6) is 0 Å². The summed E-state index contributed by atoms with van der Waals surface area (Å²) < 4.78 is 5.22. The predicted octanol–water partition coefficient (Wildman–Crippen LogP) is 1.22. The van der Waals surface area contributed by atoms with E-state index in [-0.39, 0.29) is 11.9 Å². The van der Waals surface area contributed by atoms with Gasteiger partial charge < -0.3 is 15.1 Å². The van der Waals surface area contributed by atoms with E-state index in [1.807, 2.05) is 26.1 Å². The summed E-state index contributed by atoms with van der Waals surface area (Å²) in [4.78, 5) is 14.5. The quantitative estimate of drug-likeness (QED) is 0.822. The van der Waals surface area contributed by atoms with Crippen molar-refractivity contribution in [3.63, 3.8) is 0 Å². The first-order valence-corrected chi connectivity index (χ1v) is 7.39. The van der Waals surface area contributed by atoms with E-state index in [1.54, 1.807) is 6.26 Å². The molecule has 1 aliphatic rings. The lowest BCUT2D eigenvalue weighted by Gasteiger charge is -2.36. The summed E-state index contributed by atoms with van der Waals surface area (Å²) in [5.41, 5.74) is 0. The third-order valence-corrected chi connectivity index (χ3v) is 3.99. The highest BCUT2D eigenvalue weighted by atomic mass is 16.3. The molecule has 1 saturated heterocycles. The SMILES string of the molecule is CNCC1CCCN(C(C)C(=O)NCc2ccco2)C1. The Morgan fingerprint density at radius 1 is 1.60 bits per heavy atom. The summed E-state index contributed by atoms with van der Waals surface area (Å²) in [6, 6.07) is 3.62. The first-order chi connectivity index (χ1) is 9.70. The molecule has 2 N–H and O–H groups in total. The number of hydrogen-bond acceptors (Lipinski definition) is 4. The number of furan rings is 1. The second-order valence-corrected chi connectivity index (χ2v) is 5.53. The van der Waals surface area contributed by atoms with Crippen LogP contribution in [0.1, 0.15) is 25.5 Å². The van der Waals surface area contributed by atoms with Gasteiger partial charge in [-0.25, -0.2) is 0 Å². The van der Waals surface area contributed by atoms with Gasteiger partial charge in [0.15, 0.2) is 0 Å². The summed E-state index contributed by atoms with van der Waals surface area (Å²) in [6.45, 7) is 5.48. The van der Waals surface area contributed by atoms with E-state index in [0.717, 1.165) is 25.4 Å². The fraction of sp³-hybridized carbons (Fsp3) is 0.667. The van der Waals surface area contributed by atoms with Crippen LogP contribution >= 0.6 is 0 Å². The van der Waals surface area contributed by atoms with E-state index < -0.39 is 0 Å². The van der Waals surface area contributed by atoms with Gasteiger partial charge in [0.25, 0.3) is 0 Å². The average Bonchev–Trinajstić information content (AvgIpc) is 2.98. The number of piperidine rings is 1. The van der Waals surface area contributed by atoms with Gasteiger partial charge in [0.1, 0.15) is 5.76 Å². The molecule has 1 aromatic heterocycles. The Hall–Kier alpha value is -1.33. The van der Waals surface area contributed by atoms with Crippen molar-refractivity contribution in [2.45, 2.75) is 32.4 Å². The van der Waals surface area contributed by atoms with Crippen molar-refractivity contribution in [1.82, 2.24) is 15.5 Å². The number of carbonyl (C=O) groups is 1. The molecule has 112 valence electrons. The van der Waals surface area contributed by atoms with Crippen molar-refractivity contribution in [2.24, 2.45) is 5.92 Å². The van der Waals surface area contributed by atoms with E-state index >= 15 is 0 Å².